The maximum atomic E-state index is 2.48. The number of hydrogen-bond acceptors (Lipinski definition) is 1. The van der Waals surface area contributed by atoms with Gasteiger partial charge >= 0.3 is 0 Å². The monoisotopic (exact) mass is 278 g/mol. The van der Waals surface area contributed by atoms with Gasteiger partial charge in [-0.1, -0.05) is 41.5 Å². The van der Waals surface area contributed by atoms with Crippen molar-refractivity contribution in [3.8, 4) is 0 Å². The Kier molecular flexibility index (Phi) is 3.90. The first kappa shape index (κ1) is 15.1. The predicted octanol–water partition coefficient (Wildman–Crippen LogP) is 5.82. The van der Waals surface area contributed by atoms with Gasteiger partial charge in [-0.2, -0.15) is 0 Å². The van der Waals surface area contributed by atoms with Crippen molar-refractivity contribution in [2.75, 3.05) is 0 Å². The molecule has 0 saturated heterocycles. The molecule has 19 heavy (non-hydrogen) atoms. The molecule has 1 aromatic rings. The molecule has 1 heterocycles. The third kappa shape index (κ3) is 2.09. The van der Waals surface area contributed by atoms with Gasteiger partial charge in [0, 0.05) is 15.2 Å². The van der Waals surface area contributed by atoms with Gasteiger partial charge in [0.05, 0.1) is 0 Å². The molecular formula is C18H30S. The lowest BCUT2D eigenvalue weighted by Gasteiger charge is -2.24. The molecule has 1 aromatic heterocycles. The predicted molar refractivity (Wildman–Crippen MR) is 87.0 cm³/mol. The zero-order valence-corrected chi connectivity index (χ0v) is 14.7. The van der Waals surface area contributed by atoms with E-state index < -0.39 is 0 Å². The van der Waals surface area contributed by atoms with E-state index in [1.807, 2.05) is 0 Å². The van der Waals surface area contributed by atoms with E-state index in [0.29, 0.717) is 5.41 Å². The van der Waals surface area contributed by atoms with Crippen molar-refractivity contribution >= 4 is 11.3 Å². The highest BCUT2D eigenvalue weighted by Gasteiger charge is 2.68. The fourth-order valence-corrected chi connectivity index (χ4v) is 6.04. The number of thiophene rings is 1. The van der Waals surface area contributed by atoms with E-state index in [-0.39, 0.29) is 0 Å². The second-order valence-electron chi connectivity index (χ2n) is 7.48. The van der Waals surface area contributed by atoms with E-state index in [0.717, 1.165) is 29.6 Å². The summed E-state index contributed by atoms with van der Waals surface area (Å²) in [7, 11) is 0. The van der Waals surface area contributed by atoms with Gasteiger partial charge in [0.15, 0.2) is 0 Å². The molecule has 2 unspecified atom stereocenters. The van der Waals surface area contributed by atoms with Crippen LogP contribution in [0.2, 0.25) is 0 Å². The summed E-state index contributed by atoms with van der Waals surface area (Å²) < 4.78 is 0. The summed E-state index contributed by atoms with van der Waals surface area (Å²) in [5, 5.41) is 0. The third-order valence-electron chi connectivity index (χ3n) is 5.37. The van der Waals surface area contributed by atoms with Crippen molar-refractivity contribution in [1.29, 1.82) is 0 Å². The van der Waals surface area contributed by atoms with Crippen LogP contribution in [0.5, 0.6) is 0 Å². The van der Waals surface area contributed by atoms with Gasteiger partial charge in [0.2, 0.25) is 0 Å². The van der Waals surface area contributed by atoms with Crippen molar-refractivity contribution in [2.45, 2.75) is 60.8 Å². The highest BCUT2D eigenvalue weighted by molar-refractivity contribution is 7.12. The molecule has 1 aliphatic carbocycles. The average molecular weight is 279 g/mol. The summed E-state index contributed by atoms with van der Waals surface area (Å²) in [5.74, 6) is 4.05. The van der Waals surface area contributed by atoms with Crippen molar-refractivity contribution in [1.82, 2.24) is 0 Å². The maximum absolute atomic E-state index is 2.48. The number of hydrogen-bond donors (Lipinski definition) is 0. The van der Waals surface area contributed by atoms with Crippen LogP contribution in [0.15, 0.2) is 6.07 Å². The van der Waals surface area contributed by atoms with Gasteiger partial charge in [-0.15, -0.1) is 11.3 Å². The normalized spacial score (nSPS) is 30.7. The molecule has 0 bridgehead atoms. The van der Waals surface area contributed by atoms with Crippen molar-refractivity contribution in [3.05, 3.63) is 21.4 Å². The zero-order valence-electron chi connectivity index (χ0n) is 13.9. The van der Waals surface area contributed by atoms with Crippen LogP contribution >= 0.6 is 11.3 Å². The second-order valence-corrected chi connectivity index (χ2v) is 8.73. The molecule has 0 aliphatic heterocycles. The summed E-state index contributed by atoms with van der Waals surface area (Å²) in [5.41, 5.74) is 1.93. The van der Waals surface area contributed by atoms with Crippen LogP contribution in [0.1, 0.15) is 56.9 Å². The summed E-state index contributed by atoms with van der Waals surface area (Å²) in [6, 6.07) is 2.48. The fraction of sp³-hybridized carbons (Fsp3) is 0.778. The molecule has 1 aliphatic rings. The van der Waals surface area contributed by atoms with Gasteiger partial charge in [0.25, 0.3) is 0 Å². The Morgan fingerprint density at radius 3 is 1.68 bits per heavy atom. The molecule has 1 saturated carbocycles. The van der Waals surface area contributed by atoms with Crippen LogP contribution in [-0.4, -0.2) is 0 Å². The summed E-state index contributed by atoms with van der Waals surface area (Å²) in [4.78, 5) is 3.17. The molecule has 1 fully saturated rings. The van der Waals surface area contributed by atoms with Crippen LogP contribution in [0.3, 0.4) is 0 Å². The summed E-state index contributed by atoms with van der Waals surface area (Å²) >= 11 is 2.05. The summed E-state index contributed by atoms with van der Waals surface area (Å²) in [6.45, 7) is 19.1. The fourth-order valence-electron chi connectivity index (χ4n) is 4.57. The average Bonchev–Trinajstić information content (AvgIpc) is 2.90. The molecule has 0 nitrogen and oxygen atoms in total. The number of aryl methyl sites for hydroxylation is 2. The Bertz CT molecular complexity index is 417. The highest BCUT2D eigenvalue weighted by atomic mass is 32.1. The van der Waals surface area contributed by atoms with Crippen LogP contribution in [-0.2, 0) is 5.41 Å². The second kappa shape index (κ2) is 4.91. The molecule has 0 amide bonds. The lowest BCUT2D eigenvalue weighted by atomic mass is 9.83. The SMILES string of the molecule is Cc1cc(C2(C(C)C)C(C(C)C)C2C(C)C)sc1C. The quantitative estimate of drug-likeness (QED) is 0.651. The Labute approximate surface area is 123 Å². The zero-order chi connectivity index (χ0) is 14.5. The van der Waals surface area contributed by atoms with Crippen molar-refractivity contribution in [2.24, 2.45) is 29.6 Å². The minimum atomic E-state index is 0.450. The van der Waals surface area contributed by atoms with E-state index in [1.165, 1.54) is 10.4 Å². The molecular weight excluding hydrogens is 248 g/mol. The molecule has 2 atom stereocenters. The molecule has 0 aromatic carbocycles. The van der Waals surface area contributed by atoms with Crippen LogP contribution in [0, 0.1) is 43.4 Å². The van der Waals surface area contributed by atoms with E-state index in [1.54, 1.807) is 4.88 Å². The Morgan fingerprint density at radius 1 is 0.947 bits per heavy atom. The first-order valence-corrected chi connectivity index (χ1v) is 8.63. The standard InChI is InChI=1S/C18H30S/c1-10(2)16-17(11(3)4)18(16,12(5)6)15-9-13(7)14(8)19-15/h9-12,16-17H,1-8H3. The number of rotatable bonds is 4. The van der Waals surface area contributed by atoms with Crippen LogP contribution < -0.4 is 0 Å². The molecule has 0 N–H and O–H groups in total. The Hall–Kier alpha value is -0.300. The van der Waals surface area contributed by atoms with Crippen LogP contribution in [0.25, 0.3) is 0 Å². The topological polar surface area (TPSA) is 0 Å². The van der Waals surface area contributed by atoms with Crippen LogP contribution in [0.4, 0.5) is 0 Å². The van der Waals surface area contributed by atoms with Gasteiger partial charge in [-0.05, 0) is 55.1 Å². The lowest BCUT2D eigenvalue weighted by Crippen LogP contribution is -2.21. The van der Waals surface area contributed by atoms with Gasteiger partial charge in [-0.3, -0.25) is 0 Å². The minimum Gasteiger partial charge on any atom is -0.145 e. The van der Waals surface area contributed by atoms with Gasteiger partial charge < -0.3 is 0 Å². The Morgan fingerprint density at radius 2 is 1.42 bits per heavy atom. The van der Waals surface area contributed by atoms with E-state index in [2.05, 4.69) is 72.8 Å². The molecule has 108 valence electrons. The van der Waals surface area contributed by atoms with Gasteiger partial charge in [-0.25, -0.2) is 0 Å². The Balaban J connectivity index is 2.50. The van der Waals surface area contributed by atoms with Crippen molar-refractivity contribution < 1.29 is 0 Å². The lowest BCUT2D eigenvalue weighted by molar-refractivity contribution is 0.383. The van der Waals surface area contributed by atoms with E-state index in [9.17, 15) is 0 Å². The van der Waals surface area contributed by atoms with Gasteiger partial charge in [0.1, 0.15) is 0 Å². The molecule has 0 radical (unpaired) electrons. The highest BCUT2D eigenvalue weighted by Crippen LogP contribution is 2.70. The third-order valence-corrected chi connectivity index (χ3v) is 6.68. The molecule has 1 heteroatoms. The minimum absolute atomic E-state index is 0.450. The van der Waals surface area contributed by atoms with E-state index in [4.69, 9.17) is 0 Å². The largest absolute Gasteiger partial charge is 0.145 e. The molecule has 2 rings (SSSR count). The van der Waals surface area contributed by atoms with E-state index >= 15 is 0 Å². The molecule has 0 spiro atoms. The first-order chi connectivity index (χ1) is 8.74. The smallest absolute Gasteiger partial charge is 0.0138 e. The maximum Gasteiger partial charge on any atom is 0.0138 e. The first-order valence-electron chi connectivity index (χ1n) is 7.82. The van der Waals surface area contributed by atoms with Crippen molar-refractivity contribution in [3.63, 3.8) is 0 Å². The summed E-state index contributed by atoms with van der Waals surface area (Å²) in [6.07, 6.45) is 0.